The largest absolute Gasteiger partial charge is 0.619 e. The smallest absolute Gasteiger partial charge is 0.387 e. The fourth-order valence-electron chi connectivity index (χ4n) is 4.36. The molecule has 17 heteroatoms. The van der Waals surface area contributed by atoms with Crippen LogP contribution in [-0.4, -0.2) is 66.2 Å². The van der Waals surface area contributed by atoms with Crippen LogP contribution in [0.4, 0.5) is 8.78 Å². The quantitative estimate of drug-likeness (QED) is 0.136. The van der Waals surface area contributed by atoms with Crippen molar-refractivity contribution < 1.29 is 50.5 Å². The molecular formula is C30H31Cl2F2N3O9S. The van der Waals surface area contributed by atoms with Gasteiger partial charge in [0.05, 0.1) is 24.2 Å². The maximum Gasteiger partial charge on any atom is 0.387 e. The molecule has 254 valence electrons. The highest BCUT2D eigenvalue weighted by molar-refractivity contribution is 7.89. The molecule has 1 aliphatic rings. The molecule has 0 radical (unpaired) electrons. The summed E-state index contributed by atoms with van der Waals surface area (Å²) in [6.45, 7) is -3.72. The Labute approximate surface area is 279 Å². The number of benzene rings is 2. The summed E-state index contributed by atoms with van der Waals surface area (Å²) in [4.78, 5) is 26.6. The Hall–Kier alpha value is -3.92. The number of alkyl halides is 2. The lowest BCUT2D eigenvalue weighted by atomic mass is 10.0. The Kier molecular flexibility index (Phi) is 11.7. The summed E-state index contributed by atoms with van der Waals surface area (Å²) in [5.74, 6) is -1.39. The van der Waals surface area contributed by atoms with E-state index >= 15 is 0 Å². The van der Waals surface area contributed by atoms with Gasteiger partial charge in [-0.15, -0.1) is 0 Å². The molecule has 0 aliphatic heterocycles. The van der Waals surface area contributed by atoms with Crippen LogP contribution in [0.15, 0.2) is 53.7 Å². The number of carbonyl (C=O) groups is 2. The summed E-state index contributed by atoms with van der Waals surface area (Å²) in [5, 5.41) is 11.7. The number of rotatable bonds is 15. The van der Waals surface area contributed by atoms with Crippen LogP contribution < -0.4 is 23.7 Å². The summed E-state index contributed by atoms with van der Waals surface area (Å²) in [6.07, 6.45) is 2.54. The van der Waals surface area contributed by atoms with Crippen molar-refractivity contribution in [3.8, 4) is 17.2 Å². The predicted octanol–water partition coefficient (Wildman–Crippen LogP) is 4.53. The fraction of sp³-hybridized carbons (Fsp3) is 0.367. The van der Waals surface area contributed by atoms with E-state index in [9.17, 15) is 32.0 Å². The summed E-state index contributed by atoms with van der Waals surface area (Å²) in [5.41, 5.74) is 0.461. The zero-order valence-corrected chi connectivity index (χ0v) is 27.7. The van der Waals surface area contributed by atoms with Gasteiger partial charge in [0.1, 0.15) is 28.4 Å². The number of ether oxygens (including phenoxy) is 4. The van der Waals surface area contributed by atoms with Crippen LogP contribution in [0, 0.1) is 11.1 Å². The van der Waals surface area contributed by atoms with Crippen molar-refractivity contribution in [3.63, 3.8) is 0 Å². The van der Waals surface area contributed by atoms with E-state index in [1.807, 2.05) is 0 Å². The van der Waals surface area contributed by atoms with Gasteiger partial charge in [0.15, 0.2) is 23.9 Å². The second kappa shape index (κ2) is 15.3. The van der Waals surface area contributed by atoms with Gasteiger partial charge in [-0.1, -0.05) is 29.3 Å². The second-order valence-corrected chi connectivity index (χ2v) is 13.3. The third-order valence-corrected chi connectivity index (χ3v) is 9.02. The highest BCUT2D eigenvalue weighted by Gasteiger charge is 2.28. The Bertz CT molecular complexity index is 1720. The standard InChI is InChI=1S/C30H31Cl2F2N3O9S/c1-36(2)29(39)21-11-19(7-9-24(21)43-3)47(41,42)35-13-28(38)45-26(12-20-22(31)14-37(40)15-23(20)32)18-6-8-25(46-30(33)34)27(10-18)44-16-17-4-5-17/h6-11,14-15,17,26,30,35H,4-5,12-13,16H2,1-3H3. The first-order valence-corrected chi connectivity index (χ1v) is 16.3. The van der Waals surface area contributed by atoms with E-state index < -0.39 is 41.2 Å². The molecule has 0 spiro atoms. The van der Waals surface area contributed by atoms with Crippen LogP contribution in [0.1, 0.15) is 40.4 Å². The minimum atomic E-state index is -4.34. The molecule has 1 unspecified atom stereocenters. The average Bonchev–Trinajstić information content (AvgIpc) is 3.84. The first kappa shape index (κ1) is 35.9. The topological polar surface area (TPSA) is 147 Å². The number of amides is 1. The van der Waals surface area contributed by atoms with Crippen LogP contribution in [0.3, 0.4) is 0 Å². The van der Waals surface area contributed by atoms with Gasteiger partial charge in [-0.05, 0) is 54.7 Å². The van der Waals surface area contributed by atoms with Crippen LogP contribution >= 0.6 is 23.2 Å². The van der Waals surface area contributed by atoms with Gasteiger partial charge in [-0.3, -0.25) is 9.59 Å². The van der Waals surface area contributed by atoms with Gasteiger partial charge < -0.3 is 29.1 Å². The molecule has 3 aromatic rings. The molecule has 1 N–H and O–H groups in total. The van der Waals surface area contributed by atoms with Gasteiger partial charge >= 0.3 is 12.6 Å². The number of pyridine rings is 1. The van der Waals surface area contributed by atoms with Crippen LogP contribution in [0.25, 0.3) is 0 Å². The maximum absolute atomic E-state index is 13.1. The molecule has 12 nitrogen and oxygen atoms in total. The Morgan fingerprint density at radius 2 is 1.72 bits per heavy atom. The number of methoxy groups -OCH3 is 1. The predicted molar refractivity (Wildman–Crippen MR) is 165 cm³/mol. The number of halogens is 4. The van der Waals surface area contributed by atoms with E-state index in [0.29, 0.717) is 4.73 Å². The van der Waals surface area contributed by atoms with E-state index in [0.717, 1.165) is 31.3 Å². The van der Waals surface area contributed by atoms with Crippen LogP contribution in [0.5, 0.6) is 17.2 Å². The third-order valence-electron chi connectivity index (χ3n) is 6.97. The zero-order valence-electron chi connectivity index (χ0n) is 25.4. The summed E-state index contributed by atoms with van der Waals surface area (Å²) < 4.78 is 76.1. The van der Waals surface area contributed by atoms with Gasteiger partial charge in [-0.2, -0.15) is 18.2 Å². The Morgan fingerprint density at radius 3 is 2.32 bits per heavy atom. The normalized spacial score (nSPS) is 13.6. The molecule has 0 saturated heterocycles. The Morgan fingerprint density at radius 1 is 1.06 bits per heavy atom. The van der Waals surface area contributed by atoms with Crippen LogP contribution in [0.2, 0.25) is 10.0 Å². The SMILES string of the molecule is COc1ccc(S(=O)(=O)NCC(=O)OC(Cc2c(Cl)c[n+]([O-])cc2Cl)c2ccc(OC(F)F)c(OCC3CC3)c2)cc1C(=O)N(C)C. The highest BCUT2D eigenvalue weighted by atomic mass is 35.5. The molecule has 1 atom stereocenters. The highest BCUT2D eigenvalue weighted by Crippen LogP contribution is 2.38. The minimum absolute atomic E-state index is 0.0157. The molecule has 0 bridgehead atoms. The van der Waals surface area contributed by atoms with Gasteiger partial charge in [0.25, 0.3) is 5.91 Å². The molecule has 2 aromatic carbocycles. The zero-order chi connectivity index (χ0) is 34.5. The number of aromatic nitrogens is 1. The van der Waals surface area contributed by atoms with E-state index in [4.69, 9.17) is 37.4 Å². The van der Waals surface area contributed by atoms with Gasteiger partial charge in [0.2, 0.25) is 10.0 Å². The molecule has 1 amide bonds. The molecule has 1 saturated carbocycles. The first-order chi connectivity index (χ1) is 22.2. The lowest BCUT2D eigenvalue weighted by Crippen LogP contribution is -2.32. The summed E-state index contributed by atoms with van der Waals surface area (Å²) in [6, 6.07) is 7.58. The van der Waals surface area contributed by atoms with Crippen molar-refractivity contribution in [1.29, 1.82) is 0 Å². The summed E-state index contributed by atoms with van der Waals surface area (Å²) >= 11 is 12.5. The minimum Gasteiger partial charge on any atom is -0.619 e. The lowest BCUT2D eigenvalue weighted by Gasteiger charge is -2.21. The molecule has 47 heavy (non-hydrogen) atoms. The number of nitrogens with zero attached hydrogens (tertiary/aromatic N) is 2. The van der Waals surface area contributed by atoms with E-state index in [-0.39, 0.29) is 67.8 Å². The van der Waals surface area contributed by atoms with Gasteiger partial charge in [0, 0.05) is 26.1 Å². The third kappa shape index (κ3) is 9.56. The van der Waals surface area contributed by atoms with Gasteiger partial charge in [-0.25, -0.2) is 8.42 Å². The Balaban J connectivity index is 1.60. The molecule has 1 aliphatic carbocycles. The number of carbonyl (C=O) groups excluding carboxylic acids is 2. The fourth-order valence-corrected chi connectivity index (χ4v) is 5.96. The van der Waals surface area contributed by atoms with E-state index in [1.54, 1.807) is 0 Å². The molecule has 1 heterocycles. The van der Waals surface area contributed by atoms with Crippen molar-refractivity contribution in [1.82, 2.24) is 9.62 Å². The lowest BCUT2D eigenvalue weighted by molar-refractivity contribution is -0.605. The number of esters is 1. The van der Waals surface area contributed by atoms with Crippen molar-refractivity contribution in [2.45, 2.75) is 36.9 Å². The van der Waals surface area contributed by atoms with Crippen LogP contribution in [-0.2, 0) is 26.0 Å². The number of nitrogens with one attached hydrogen (secondary N) is 1. The van der Waals surface area contributed by atoms with Crippen molar-refractivity contribution in [2.75, 3.05) is 34.4 Å². The number of hydrogen-bond donors (Lipinski definition) is 1. The number of sulfonamides is 1. The van der Waals surface area contributed by atoms with E-state index in [2.05, 4.69) is 9.46 Å². The molecule has 1 aromatic heterocycles. The molecular weight excluding hydrogens is 687 g/mol. The maximum atomic E-state index is 13.1. The monoisotopic (exact) mass is 717 g/mol. The first-order valence-electron chi connectivity index (χ1n) is 14.1. The molecule has 1 fully saturated rings. The summed E-state index contributed by atoms with van der Waals surface area (Å²) in [7, 11) is -0.0286. The van der Waals surface area contributed by atoms with Crippen molar-refractivity contribution >= 4 is 45.1 Å². The average molecular weight is 719 g/mol. The van der Waals surface area contributed by atoms with Crippen molar-refractivity contribution in [3.05, 3.63) is 80.7 Å². The molecule has 4 rings (SSSR count). The van der Waals surface area contributed by atoms with Crippen molar-refractivity contribution in [2.24, 2.45) is 5.92 Å². The second-order valence-electron chi connectivity index (χ2n) is 10.7. The number of hydrogen-bond acceptors (Lipinski definition) is 9. The van der Waals surface area contributed by atoms with E-state index in [1.165, 1.54) is 56.4 Å².